The number of ether oxygens (including phenoxy) is 1. The maximum Gasteiger partial charge on any atom is 0.303 e. The number of hydrogen-bond acceptors (Lipinski definition) is 7. The van der Waals surface area contributed by atoms with Gasteiger partial charge in [-0.2, -0.15) is 0 Å². The summed E-state index contributed by atoms with van der Waals surface area (Å²) < 4.78 is 5.98. The Kier molecular flexibility index (Phi) is 15.2. The summed E-state index contributed by atoms with van der Waals surface area (Å²) in [6.45, 7) is 5.03. The Hall–Kier alpha value is -2.89. The van der Waals surface area contributed by atoms with Crippen molar-refractivity contribution in [2.24, 2.45) is 17.6 Å². The first-order valence-electron chi connectivity index (χ1n) is 12.2. The van der Waals surface area contributed by atoms with Crippen LogP contribution in [0.15, 0.2) is 18.2 Å². The first kappa shape index (κ1) is 32.1. The van der Waals surface area contributed by atoms with Crippen molar-refractivity contribution in [3.63, 3.8) is 0 Å². The fourth-order valence-electron chi connectivity index (χ4n) is 3.39. The highest BCUT2D eigenvalue weighted by Crippen LogP contribution is 2.31. The molecule has 2 aliphatic rings. The van der Waals surface area contributed by atoms with Crippen molar-refractivity contribution in [1.29, 1.82) is 0 Å². The van der Waals surface area contributed by atoms with Crippen LogP contribution in [0.3, 0.4) is 0 Å². The number of nitrogens with zero attached hydrogens (tertiary/aromatic N) is 1. The lowest BCUT2D eigenvalue weighted by Gasteiger charge is -2.17. The number of hydrogen-bond donors (Lipinski definition) is 5. The highest BCUT2D eigenvalue weighted by Gasteiger charge is 2.23. The first-order chi connectivity index (χ1) is 17.5. The molecule has 1 saturated carbocycles. The molecule has 0 radical (unpaired) electrons. The predicted molar refractivity (Wildman–Crippen MR) is 136 cm³/mol. The third kappa shape index (κ3) is 16.5. The van der Waals surface area contributed by atoms with Crippen LogP contribution in [-0.4, -0.2) is 82.0 Å². The van der Waals surface area contributed by atoms with E-state index in [2.05, 4.69) is 11.0 Å². The summed E-state index contributed by atoms with van der Waals surface area (Å²) in [4.78, 5) is 41.1. The van der Waals surface area contributed by atoms with E-state index in [0.29, 0.717) is 5.92 Å². The molecule has 0 spiro atoms. The molecule has 6 N–H and O–H groups in total. The molecule has 12 heteroatoms. The van der Waals surface area contributed by atoms with Crippen LogP contribution in [-0.2, 0) is 25.6 Å². The van der Waals surface area contributed by atoms with Gasteiger partial charge in [0.25, 0.3) is 0 Å². The van der Waals surface area contributed by atoms with Crippen LogP contribution in [0, 0.1) is 11.8 Å². The molecule has 37 heavy (non-hydrogen) atoms. The Balaban J connectivity index is 0.000000355. The van der Waals surface area contributed by atoms with Gasteiger partial charge in [0.15, 0.2) is 0 Å². The molecular formula is C25H37ClN2O9. The molecule has 0 bridgehead atoms. The van der Waals surface area contributed by atoms with Crippen LogP contribution < -0.4 is 10.5 Å². The highest BCUT2D eigenvalue weighted by molar-refractivity contribution is 6.30. The predicted octanol–water partition coefficient (Wildman–Crippen LogP) is 2.82. The lowest BCUT2D eigenvalue weighted by atomic mass is 10.1. The minimum absolute atomic E-state index is 0.296. The van der Waals surface area contributed by atoms with Crippen LogP contribution in [0.1, 0.15) is 50.5 Å². The van der Waals surface area contributed by atoms with E-state index in [0.717, 1.165) is 49.4 Å². The number of likely N-dealkylation sites (tertiary alicyclic amines) is 1. The van der Waals surface area contributed by atoms with E-state index in [1.54, 1.807) is 0 Å². The fraction of sp³-hybridized carbons (Fsp3) is 0.600. The Labute approximate surface area is 221 Å². The van der Waals surface area contributed by atoms with Crippen molar-refractivity contribution in [1.82, 2.24) is 4.90 Å². The Bertz CT molecular complexity index is 837. The molecule has 1 aliphatic heterocycles. The third-order valence-electron chi connectivity index (χ3n) is 5.70. The summed E-state index contributed by atoms with van der Waals surface area (Å²) in [5.74, 6) is -1.84. The van der Waals surface area contributed by atoms with Gasteiger partial charge in [0, 0.05) is 18.1 Å². The quantitative estimate of drug-likeness (QED) is 0.245. The second-order valence-electron chi connectivity index (χ2n) is 9.02. The molecule has 208 valence electrons. The summed E-state index contributed by atoms with van der Waals surface area (Å²) >= 11 is 6.15. The molecule has 3 rings (SSSR count). The van der Waals surface area contributed by atoms with Gasteiger partial charge in [-0.25, -0.2) is 0 Å². The molecule has 1 aromatic carbocycles. The summed E-state index contributed by atoms with van der Waals surface area (Å²) in [7, 11) is 0. The fourth-order valence-corrected chi connectivity index (χ4v) is 3.59. The van der Waals surface area contributed by atoms with E-state index in [-0.39, 0.29) is 25.7 Å². The summed E-state index contributed by atoms with van der Waals surface area (Å²) in [6.07, 6.45) is 3.68. The monoisotopic (exact) mass is 544 g/mol. The van der Waals surface area contributed by atoms with E-state index in [4.69, 9.17) is 42.5 Å². The molecule has 2 fully saturated rings. The average molecular weight is 545 g/mol. The maximum atomic E-state index is 9.64. The number of nitrogens with two attached hydrogens (primary N) is 1. The SMILES string of the molecule is NC[C@@H]1CCN(CCc2cc(Cl)ccc2OCC2CC2)C1.O=C(O)CCC(=O)O.O=C(O)CCC(=O)O. The topological polar surface area (TPSA) is 188 Å². The number of carboxylic acid groups (broad SMARTS) is 4. The molecule has 11 nitrogen and oxygen atoms in total. The molecular weight excluding hydrogens is 508 g/mol. The number of benzene rings is 1. The van der Waals surface area contributed by atoms with Crippen LogP contribution in [0.25, 0.3) is 0 Å². The molecule has 1 aliphatic carbocycles. The van der Waals surface area contributed by atoms with Crippen molar-refractivity contribution in [3.8, 4) is 5.75 Å². The van der Waals surface area contributed by atoms with Crippen LogP contribution in [0.2, 0.25) is 5.02 Å². The second kappa shape index (κ2) is 17.5. The average Bonchev–Trinajstić information content (AvgIpc) is 3.55. The molecule has 0 aromatic heterocycles. The molecule has 1 aromatic rings. The highest BCUT2D eigenvalue weighted by atomic mass is 35.5. The van der Waals surface area contributed by atoms with Gasteiger partial charge in [-0.1, -0.05) is 11.6 Å². The van der Waals surface area contributed by atoms with Gasteiger partial charge in [-0.3, -0.25) is 19.2 Å². The smallest absolute Gasteiger partial charge is 0.303 e. The number of carboxylic acids is 4. The third-order valence-corrected chi connectivity index (χ3v) is 5.94. The number of rotatable bonds is 13. The zero-order chi connectivity index (χ0) is 27.8. The van der Waals surface area contributed by atoms with Gasteiger partial charge >= 0.3 is 23.9 Å². The van der Waals surface area contributed by atoms with Gasteiger partial charge in [-0.15, -0.1) is 0 Å². The van der Waals surface area contributed by atoms with Crippen LogP contribution in [0.4, 0.5) is 0 Å². The van der Waals surface area contributed by atoms with Crippen molar-refractivity contribution < 1.29 is 44.3 Å². The summed E-state index contributed by atoms with van der Waals surface area (Å²) in [5.41, 5.74) is 6.99. The first-order valence-corrected chi connectivity index (χ1v) is 12.6. The van der Waals surface area contributed by atoms with Crippen molar-refractivity contribution >= 4 is 35.5 Å². The molecule has 1 saturated heterocycles. The standard InChI is InChI=1S/C17H25ClN2O.2C4H6O4/c18-16-3-4-17(21-12-13-1-2-13)15(9-16)6-8-20-7-5-14(10-19)11-20;2*5-3(6)1-2-4(7)8/h3-4,9,13-14H,1-2,5-8,10-12,19H2;2*1-2H2,(H,5,6)(H,7,8)/t14-;;/m0../s1. The Morgan fingerprint density at radius 3 is 1.86 bits per heavy atom. The van der Waals surface area contributed by atoms with E-state index in [1.807, 2.05) is 12.1 Å². The maximum absolute atomic E-state index is 9.64. The normalized spacial score (nSPS) is 16.5. The van der Waals surface area contributed by atoms with E-state index in [9.17, 15) is 19.2 Å². The van der Waals surface area contributed by atoms with Gasteiger partial charge in [0.1, 0.15) is 5.75 Å². The zero-order valence-corrected chi connectivity index (χ0v) is 21.6. The van der Waals surface area contributed by atoms with Crippen LogP contribution in [0.5, 0.6) is 5.75 Å². The second-order valence-corrected chi connectivity index (χ2v) is 9.46. The van der Waals surface area contributed by atoms with Gasteiger partial charge in [0.05, 0.1) is 32.3 Å². The number of halogens is 1. The van der Waals surface area contributed by atoms with Crippen molar-refractivity contribution in [2.75, 3.05) is 32.8 Å². The van der Waals surface area contributed by atoms with Crippen molar-refractivity contribution in [3.05, 3.63) is 28.8 Å². The van der Waals surface area contributed by atoms with Gasteiger partial charge in [0.2, 0.25) is 0 Å². The molecule has 0 unspecified atom stereocenters. The van der Waals surface area contributed by atoms with Crippen molar-refractivity contribution in [2.45, 2.75) is 51.4 Å². The van der Waals surface area contributed by atoms with E-state index >= 15 is 0 Å². The van der Waals surface area contributed by atoms with Crippen LogP contribution >= 0.6 is 11.6 Å². The molecule has 0 amide bonds. The summed E-state index contributed by atoms with van der Waals surface area (Å²) in [5, 5.41) is 32.4. The number of aliphatic carboxylic acids is 4. The largest absolute Gasteiger partial charge is 0.493 e. The van der Waals surface area contributed by atoms with Gasteiger partial charge in [-0.05, 0) is 74.4 Å². The lowest BCUT2D eigenvalue weighted by Crippen LogP contribution is -2.25. The van der Waals surface area contributed by atoms with E-state index < -0.39 is 23.9 Å². The Morgan fingerprint density at radius 1 is 0.892 bits per heavy atom. The lowest BCUT2D eigenvalue weighted by molar-refractivity contribution is -0.143. The Morgan fingerprint density at radius 2 is 1.43 bits per heavy atom. The number of carbonyl (C=O) groups is 4. The minimum Gasteiger partial charge on any atom is -0.493 e. The summed E-state index contributed by atoms with van der Waals surface area (Å²) in [6, 6.07) is 6.00. The molecule has 1 atom stereocenters. The zero-order valence-electron chi connectivity index (χ0n) is 20.8. The molecule has 1 heterocycles. The minimum atomic E-state index is -1.08. The van der Waals surface area contributed by atoms with Gasteiger partial charge < -0.3 is 35.8 Å². The van der Waals surface area contributed by atoms with E-state index in [1.165, 1.54) is 31.4 Å².